The molecule has 104 valence electrons. The van der Waals surface area contributed by atoms with E-state index in [1.165, 1.54) is 5.56 Å². The van der Waals surface area contributed by atoms with Gasteiger partial charge in [0.25, 0.3) is 5.91 Å². The third kappa shape index (κ3) is 2.06. The molecule has 20 heavy (non-hydrogen) atoms. The van der Waals surface area contributed by atoms with Gasteiger partial charge in [-0.1, -0.05) is 5.16 Å². The number of rotatable bonds is 3. The minimum absolute atomic E-state index is 0.00866. The number of carbonyl (C=O) groups is 1. The Morgan fingerprint density at radius 2 is 2.30 bits per heavy atom. The van der Waals surface area contributed by atoms with Gasteiger partial charge in [-0.3, -0.25) is 4.79 Å². The Morgan fingerprint density at radius 1 is 1.40 bits per heavy atom. The molecular formula is C15H16N2O2S. The number of likely N-dealkylation sites (tertiary alicyclic amines) is 1. The number of nitrogens with zero attached hydrogens (tertiary/aromatic N) is 2. The van der Waals surface area contributed by atoms with Crippen molar-refractivity contribution < 1.29 is 9.32 Å². The predicted molar refractivity (Wildman–Crippen MR) is 75.8 cm³/mol. The lowest BCUT2D eigenvalue weighted by Crippen LogP contribution is -2.30. The van der Waals surface area contributed by atoms with E-state index in [0.29, 0.717) is 11.6 Å². The summed E-state index contributed by atoms with van der Waals surface area (Å²) in [6.45, 7) is 0.810. The Balaban J connectivity index is 1.57. The second-order valence-corrected chi connectivity index (χ2v) is 6.38. The van der Waals surface area contributed by atoms with Crippen molar-refractivity contribution in [3.05, 3.63) is 39.9 Å². The first-order chi connectivity index (χ1) is 9.83. The second kappa shape index (κ2) is 4.74. The molecule has 0 unspecified atom stereocenters. The minimum Gasteiger partial charge on any atom is -0.360 e. The molecule has 1 amide bonds. The van der Waals surface area contributed by atoms with Crippen LogP contribution in [0.2, 0.25) is 0 Å². The van der Waals surface area contributed by atoms with Gasteiger partial charge < -0.3 is 9.42 Å². The maximum atomic E-state index is 12.6. The smallest absolute Gasteiger partial charge is 0.276 e. The number of aromatic nitrogens is 1. The van der Waals surface area contributed by atoms with Crippen molar-refractivity contribution in [2.75, 3.05) is 6.54 Å². The highest BCUT2D eigenvalue weighted by atomic mass is 32.1. The Labute approximate surface area is 121 Å². The lowest BCUT2D eigenvalue weighted by Gasteiger charge is -2.23. The Morgan fingerprint density at radius 3 is 3.05 bits per heavy atom. The number of hydrogen-bond donors (Lipinski definition) is 0. The molecule has 0 radical (unpaired) electrons. The van der Waals surface area contributed by atoms with E-state index < -0.39 is 0 Å². The molecule has 4 rings (SSSR count). The minimum atomic E-state index is 0.00866. The van der Waals surface area contributed by atoms with Crippen LogP contribution in [0.1, 0.15) is 59.5 Å². The Hall–Kier alpha value is -1.62. The average Bonchev–Trinajstić information content (AvgIpc) is 2.96. The van der Waals surface area contributed by atoms with E-state index in [9.17, 15) is 4.79 Å². The van der Waals surface area contributed by atoms with Crippen molar-refractivity contribution in [3.8, 4) is 0 Å². The molecule has 0 bridgehead atoms. The average molecular weight is 288 g/mol. The monoisotopic (exact) mass is 288 g/mol. The van der Waals surface area contributed by atoms with E-state index in [1.54, 1.807) is 11.3 Å². The standard InChI is InChI=1S/C15H16N2O2S/c18-15(12-8-14(19-16-12)10-3-4-10)17-6-1-2-13(17)11-5-7-20-9-11/h5,7-10,13H,1-4,6H2/t13-/m1/s1. The zero-order valence-electron chi connectivity index (χ0n) is 11.1. The van der Waals surface area contributed by atoms with Crippen LogP contribution in [-0.2, 0) is 0 Å². The zero-order chi connectivity index (χ0) is 13.5. The van der Waals surface area contributed by atoms with Crippen LogP contribution in [0.15, 0.2) is 27.4 Å². The normalized spacial score (nSPS) is 22.4. The molecule has 1 aliphatic heterocycles. The van der Waals surface area contributed by atoms with Gasteiger partial charge in [-0.15, -0.1) is 0 Å². The second-order valence-electron chi connectivity index (χ2n) is 5.60. The van der Waals surface area contributed by atoms with Crippen LogP contribution < -0.4 is 0 Å². The SMILES string of the molecule is O=C(c1cc(C2CC2)on1)N1CCC[C@@H]1c1ccsc1. The highest BCUT2D eigenvalue weighted by Gasteiger charge is 2.34. The predicted octanol–water partition coefficient (Wildman–Crippen LogP) is 3.59. The summed E-state index contributed by atoms with van der Waals surface area (Å²) in [7, 11) is 0. The van der Waals surface area contributed by atoms with Crippen molar-refractivity contribution in [2.45, 2.75) is 37.6 Å². The number of amides is 1. The molecule has 2 aromatic rings. The fourth-order valence-electron chi connectivity index (χ4n) is 2.92. The van der Waals surface area contributed by atoms with Gasteiger partial charge in [0.05, 0.1) is 6.04 Å². The molecule has 0 aromatic carbocycles. The van der Waals surface area contributed by atoms with Crippen molar-refractivity contribution in [3.63, 3.8) is 0 Å². The lowest BCUT2D eigenvalue weighted by molar-refractivity contribution is 0.0725. The van der Waals surface area contributed by atoms with Gasteiger partial charge in [-0.05, 0) is 48.1 Å². The van der Waals surface area contributed by atoms with Gasteiger partial charge in [0.1, 0.15) is 5.76 Å². The van der Waals surface area contributed by atoms with E-state index >= 15 is 0 Å². The van der Waals surface area contributed by atoms with Crippen LogP contribution in [0.4, 0.5) is 0 Å². The molecule has 2 aromatic heterocycles. The summed E-state index contributed by atoms with van der Waals surface area (Å²) < 4.78 is 5.30. The zero-order valence-corrected chi connectivity index (χ0v) is 11.9. The van der Waals surface area contributed by atoms with Gasteiger partial charge in [-0.2, -0.15) is 11.3 Å². The van der Waals surface area contributed by atoms with Crippen molar-refractivity contribution in [1.82, 2.24) is 10.1 Å². The van der Waals surface area contributed by atoms with Crippen molar-refractivity contribution in [1.29, 1.82) is 0 Å². The molecule has 2 fully saturated rings. The Kier molecular flexibility index (Phi) is 2.88. The first kappa shape index (κ1) is 12.1. The molecule has 1 atom stereocenters. The summed E-state index contributed by atoms with van der Waals surface area (Å²) in [5, 5.41) is 8.17. The number of carbonyl (C=O) groups excluding carboxylic acids is 1. The van der Waals surface area contributed by atoms with Crippen molar-refractivity contribution >= 4 is 17.2 Å². The van der Waals surface area contributed by atoms with Crippen LogP contribution in [-0.4, -0.2) is 22.5 Å². The Bertz CT molecular complexity index is 616. The van der Waals surface area contributed by atoms with E-state index in [4.69, 9.17) is 4.52 Å². The highest BCUT2D eigenvalue weighted by molar-refractivity contribution is 7.07. The largest absolute Gasteiger partial charge is 0.360 e. The van der Waals surface area contributed by atoms with Crippen molar-refractivity contribution in [2.24, 2.45) is 0 Å². The van der Waals surface area contributed by atoms with Gasteiger partial charge in [0, 0.05) is 18.5 Å². The summed E-state index contributed by atoms with van der Waals surface area (Å²) in [6, 6.07) is 4.15. The summed E-state index contributed by atoms with van der Waals surface area (Å²) in [6.07, 6.45) is 4.41. The number of hydrogen-bond acceptors (Lipinski definition) is 4. The van der Waals surface area contributed by atoms with Gasteiger partial charge in [-0.25, -0.2) is 0 Å². The van der Waals surface area contributed by atoms with Gasteiger partial charge in [0.15, 0.2) is 5.69 Å². The maximum Gasteiger partial charge on any atom is 0.276 e. The molecule has 2 aliphatic rings. The summed E-state index contributed by atoms with van der Waals surface area (Å²) in [5.74, 6) is 1.38. The molecule has 5 heteroatoms. The molecule has 0 spiro atoms. The number of thiophene rings is 1. The van der Waals surface area contributed by atoms with E-state index in [1.807, 2.05) is 11.0 Å². The third-order valence-corrected chi connectivity index (χ3v) is 4.87. The quantitative estimate of drug-likeness (QED) is 0.867. The molecule has 1 saturated carbocycles. The summed E-state index contributed by atoms with van der Waals surface area (Å²) >= 11 is 1.68. The lowest BCUT2D eigenvalue weighted by atomic mass is 10.1. The topological polar surface area (TPSA) is 46.3 Å². The van der Waals surface area contributed by atoms with Crippen LogP contribution in [0.5, 0.6) is 0 Å². The molecular weight excluding hydrogens is 272 g/mol. The maximum absolute atomic E-state index is 12.6. The van der Waals surface area contributed by atoms with Gasteiger partial charge >= 0.3 is 0 Å². The molecule has 1 aliphatic carbocycles. The van der Waals surface area contributed by atoms with E-state index in [0.717, 1.165) is 38.0 Å². The summed E-state index contributed by atoms with van der Waals surface area (Å²) in [4.78, 5) is 14.6. The van der Waals surface area contributed by atoms with E-state index in [-0.39, 0.29) is 11.9 Å². The van der Waals surface area contributed by atoms with Crippen LogP contribution >= 0.6 is 11.3 Å². The molecule has 1 saturated heterocycles. The fraction of sp³-hybridized carbons (Fsp3) is 0.467. The molecule has 0 N–H and O–H groups in total. The first-order valence-electron chi connectivity index (χ1n) is 7.12. The summed E-state index contributed by atoms with van der Waals surface area (Å²) in [5.41, 5.74) is 1.71. The molecule has 4 nitrogen and oxygen atoms in total. The highest BCUT2D eigenvalue weighted by Crippen LogP contribution is 2.40. The fourth-order valence-corrected chi connectivity index (χ4v) is 3.63. The first-order valence-corrected chi connectivity index (χ1v) is 8.07. The molecule has 3 heterocycles. The van der Waals surface area contributed by atoms with Crippen LogP contribution in [0.25, 0.3) is 0 Å². The third-order valence-electron chi connectivity index (χ3n) is 4.17. The van der Waals surface area contributed by atoms with Crippen LogP contribution in [0.3, 0.4) is 0 Å². The van der Waals surface area contributed by atoms with E-state index in [2.05, 4.69) is 22.0 Å². The van der Waals surface area contributed by atoms with Crippen LogP contribution in [0, 0.1) is 0 Å². The van der Waals surface area contributed by atoms with Gasteiger partial charge in [0.2, 0.25) is 0 Å².